The van der Waals surface area contributed by atoms with Crippen molar-refractivity contribution in [3.8, 4) is 0 Å². The maximum Gasteiger partial charge on any atom is 0.319 e. The number of nitrogens with one attached hydrogen (secondary N) is 2. The van der Waals surface area contributed by atoms with E-state index in [2.05, 4.69) is 10.6 Å². The van der Waals surface area contributed by atoms with Crippen LogP contribution in [-0.2, 0) is 10.8 Å². The molecule has 2 amide bonds. The molecule has 2 atom stereocenters. The number of hydrogen-bond donors (Lipinski definition) is 2. The van der Waals surface area contributed by atoms with Gasteiger partial charge in [-0.2, -0.15) is 0 Å². The summed E-state index contributed by atoms with van der Waals surface area (Å²) in [6.45, 7) is 3.43. The number of nitro groups is 1. The lowest BCUT2D eigenvalue weighted by Crippen LogP contribution is -2.39. The van der Waals surface area contributed by atoms with E-state index in [9.17, 15) is 19.1 Å². The van der Waals surface area contributed by atoms with Gasteiger partial charge in [-0.05, 0) is 25.5 Å². The minimum atomic E-state index is -0.989. The van der Waals surface area contributed by atoms with Crippen molar-refractivity contribution in [1.29, 1.82) is 0 Å². The summed E-state index contributed by atoms with van der Waals surface area (Å²) in [5, 5.41) is 15.9. The highest BCUT2D eigenvalue weighted by Crippen LogP contribution is 2.20. The number of amides is 2. The molecule has 0 aromatic heterocycles. The lowest BCUT2D eigenvalue weighted by atomic mass is 10.2. The molecule has 20 heavy (non-hydrogen) atoms. The monoisotopic (exact) mass is 299 g/mol. The molecule has 1 rings (SSSR count). The minimum Gasteiger partial charge on any atom is -0.334 e. The van der Waals surface area contributed by atoms with Crippen molar-refractivity contribution < 1.29 is 13.9 Å². The van der Waals surface area contributed by atoms with Crippen LogP contribution in [0, 0.1) is 17.0 Å². The Morgan fingerprint density at radius 3 is 2.65 bits per heavy atom. The zero-order valence-corrected chi connectivity index (χ0v) is 12.3. The first-order valence-electron chi connectivity index (χ1n) is 5.92. The van der Waals surface area contributed by atoms with Crippen molar-refractivity contribution in [1.82, 2.24) is 5.32 Å². The largest absolute Gasteiger partial charge is 0.334 e. The molecule has 0 aliphatic heterocycles. The number of nitro benzene ring substituents is 1. The van der Waals surface area contributed by atoms with Crippen LogP contribution in [0.4, 0.5) is 16.2 Å². The maximum absolute atomic E-state index is 11.7. The predicted octanol–water partition coefficient (Wildman–Crippen LogP) is 1.79. The van der Waals surface area contributed by atoms with Gasteiger partial charge in [0, 0.05) is 46.7 Å². The fraction of sp³-hybridized carbons (Fsp3) is 0.417. The number of nitrogens with zero attached hydrogens (tertiary/aromatic N) is 1. The second kappa shape index (κ2) is 6.99. The number of anilines is 1. The molecule has 1 aromatic carbocycles. The number of carbonyl (C=O) groups is 1. The van der Waals surface area contributed by atoms with Crippen molar-refractivity contribution in [2.24, 2.45) is 0 Å². The van der Waals surface area contributed by atoms with Crippen LogP contribution in [0.15, 0.2) is 18.2 Å². The Morgan fingerprint density at radius 2 is 2.15 bits per heavy atom. The van der Waals surface area contributed by atoms with Crippen LogP contribution in [0.1, 0.15) is 12.5 Å². The van der Waals surface area contributed by atoms with Gasteiger partial charge in [0.05, 0.1) is 4.92 Å². The topological polar surface area (TPSA) is 101 Å². The van der Waals surface area contributed by atoms with Gasteiger partial charge in [0.15, 0.2) is 0 Å². The summed E-state index contributed by atoms with van der Waals surface area (Å²) in [5.41, 5.74) is 1.07. The molecule has 0 aliphatic rings. The second-order valence-electron chi connectivity index (χ2n) is 4.50. The summed E-state index contributed by atoms with van der Waals surface area (Å²) in [6, 6.07) is 3.54. The molecule has 0 heterocycles. The second-order valence-corrected chi connectivity index (χ2v) is 5.98. The predicted molar refractivity (Wildman–Crippen MR) is 78.4 cm³/mol. The van der Waals surface area contributed by atoms with Crippen LogP contribution >= 0.6 is 0 Å². The van der Waals surface area contributed by atoms with E-state index in [1.54, 1.807) is 20.1 Å². The number of benzene rings is 1. The first-order valence-corrected chi connectivity index (χ1v) is 7.65. The first kappa shape index (κ1) is 16.1. The Morgan fingerprint density at radius 1 is 1.50 bits per heavy atom. The molecular weight excluding hydrogens is 282 g/mol. The van der Waals surface area contributed by atoms with E-state index in [4.69, 9.17) is 0 Å². The molecule has 0 saturated heterocycles. The number of urea groups is 1. The smallest absolute Gasteiger partial charge is 0.319 e. The van der Waals surface area contributed by atoms with Crippen molar-refractivity contribution in [3.05, 3.63) is 33.9 Å². The molecule has 1 aromatic rings. The lowest BCUT2D eigenvalue weighted by molar-refractivity contribution is -0.384. The molecule has 0 aliphatic carbocycles. The van der Waals surface area contributed by atoms with E-state index in [1.807, 2.05) is 0 Å². The van der Waals surface area contributed by atoms with Gasteiger partial charge in [-0.1, -0.05) is 0 Å². The zero-order chi connectivity index (χ0) is 15.3. The van der Waals surface area contributed by atoms with Crippen LogP contribution in [0.3, 0.4) is 0 Å². The molecule has 0 radical (unpaired) electrons. The molecule has 0 saturated carbocycles. The molecule has 8 heteroatoms. The van der Waals surface area contributed by atoms with Gasteiger partial charge < -0.3 is 10.6 Å². The zero-order valence-electron chi connectivity index (χ0n) is 11.5. The summed E-state index contributed by atoms with van der Waals surface area (Å²) in [6.07, 6.45) is 1.57. The van der Waals surface area contributed by atoms with Crippen LogP contribution in [0.25, 0.3) is 0 Å². The van der Waals surface area contributed by atoms with Crippen LogP contribution in [0.5, 0.6) is 0 Å². The van der Waals surface area contributed by atoms with E-state index < -0.39 is 21.8 Å². The van der Waals surface area contributed by atoms with Crippen molar-refractivity contribution in [2.45, 2.75) is 19.9 Å². The van der Waals surface area contributed by atoms with Crippen molar-refractivity contribution >= 4 is 28.2 Å². The molecule has 0 fully saturated rings. The van der Waals surface area contributed by atoms with Crippen LogP contribution < -0.4 is 10.6 Å². The van der Waals surface area contributed by atoms with E-state index in [0.717, 1.165) is 0 Å². The van der Waals surface area contributed by atoms with Gasteiger partial charge in [0.25, 0.3) is 5.69 Å². The Bertz CT molecular complexity index is 548. The van der Waals surface area contributed by atoms with Crippen molar-refractivity contribution in [2.75, 3.05) is 17.3 Å². The van der Waals surface area contributed by atoms with Gasteiger partial charge in [-0.3, -0.25) is 14.3 Å². The average molecular weight is 299 g/mol. The third-order valence-electron chi connectivity index (χ3n) is 2.53. The van der Waals surface area contributed by atoms with Gasteiger partial charge in [0.1, 0.15) is 0 Å². The van der Waals surface area contributed by atoms with Crippen LogP contribution in [-0.4, -0.2) is 33.2 Å². The molecule has 0 spiro atoms. The highest BCUT2D eigenvalue weighted by molar-refractivity contribution is 7.84. The molecule has 2 unspecified atom stereocenters. The van der Waals surface area contributed by atoms with Crippen molar-refractivity contribution in [3.63, 3.8) is 0 Å². The Hall–Kier alpha value is -1.96. The normalized spacial score (nSPS) is 13.3. The fourth-order valence-corrected chi connectivity index (χ4v) is 2.47. The maximum atomic E-state index is 11.7. The standard InChI is InChI=1S/C12H17N3O4S/c1-8-6-10(15(17)18)4-5-11(8)14-12(16)13-9(2)7-20(3)19/h4-6,9H,7H2,1-3H3,(H2,13,14,16). The van der Waals surface area contributed by atoms with E-state index in [0.29, 0.717) is 17.0 Å². The molecular formula is C12H17N3O4S. The van der Waals surface area contributed by atoms with E-state index >= 15 is 0 Å². The lowest BCUT2D eigenvalue weighted by Gasteiger charge is -2.14. The molecule has 7 nitrogen and oxygen atoms in total. The summed E-state index contributed by atoms with van der Waals surface area (Å²) in [7, 11) is -0.989. The SMILES string of the molecule is Cc1cc([N+](=O)[O-])ccc1NC(=O)NC(C)CS(C)=O. The van der Waals surface area contributed by atoms with E-state index in [-0.39, 0.29) is 11.7 Å². The highest BCUT2D eigenvalue weighted by Gasteiger charge is 2.12. The fourth-order valence-electron chi connectivity index (χ4n) is 1.68. The molecule has 110 valence electrons. The third-order valence-corrected chi connectivity index (χ3v) is 3.50. The van der Waals surface area contributed by atoms with E-state index in [1.165, 1.54) is 18.2 Å². The summed E-state index contributed by atoms with van der Waals surface area (Å²) in [5.74, 6) is 0.368. The quantitative estimate of drug-likeness (QED) is 0.639. The summed E-state index contributed by atoms with van der Waals surface area (Å²) >= 11 is 0. The molecule has 0 bridgehead atoms. The highest BCUT2D eigenvalue weighted by atomic mass is 32.2. The number of carbonyl (C=O) groups excluding carboxylic acids is 1. The number of hydrogen-bond acceptors (Lipinski definition) is 4. The minimum absolute atomic E-state index is 0.0248. The third kappa shape index (κ3) is 4.96. The van der Waals surface area contributed by atoms with Crippen LogP contribution in [0.2, 0.25) is 0 Å². The number of non-ortho nitro benzene ring substituents is 1. The average Bonchev–Trinajstić information content (AvgIpc) is 2.30. The van der Waals surface area contributed by atoms with Gasteiger partial charge in [-0.15, -0.1) is 0 Å². The summed E-state index contributed by atoms with van der Waals surface area (Å²) < 4.78 is 11.0. The van der Waals surface area contributed by atoms with Gasteiger partial charge in [-0.25, -0.2) is 4.79 Å². The molecule has 2 N–H and O–H groups in total. The number of rotatable bonds is 5. The van der Waals surface area contributed by atoms with Gasteiger partial charge in [0.2, 0.25) is 0 Å². The number of aryl methyl sites for hydroxylation is 1. The van der Waals surface area contributed by atoms with Gasteiger partial charge >= 0.3 is 6.03 Å². The Labute approximate surface area is 119 Å². The summed E-state index contributed by atoms with van der Waals surface area (Å²) in [4.78, 5) is 21.8. The first-order chi connectivity index (χ1) is 9.29. The Kier molecular flexibility index (Phi) is 5.63. The Balaban J connectivity index is 2.67.